The van der Waals surface area contributed by atoms with Crippen LogP contribution in [0, 0.1) is 0 Å². The quantitative estimate of drug-likeness (QED) is 0.700. The van der Waals surface area contributed by atoms with Crippen LogP contribution >= 0.6 is 0 Å². The predicted octanol–water partition coefficient (Wildman–Crippen LogP) is 0.504. The van der Waals surface area contributed by atoms with Crippen molar-refractivity contribution in [3.63, 3.8) is 0 Å². The molecule has 0 aromatic carbocycles. The molecule has 3 nitrogen and oxygen atoms in total. The topological polar surface area (TPSA) is 32.5 Å². The summed E-state index contributed by atoms with van der Waals surface area (Å²) in [6, 6.07) is 1.39. The molecule has 0 aromatic rings. The minimum absolute atomic E-state index is 0.565. The molecule has 0 bridgehead atoms. The van der Waals surface area contributed by atoms with Crippen molar-refractivity contribution in [3.05, 3.63) is 0 Å². The average molecular weight is 197 g/mol. The van der Waals surface area contributed by atoms with Gasteiger partial charge in [-0.25, -0.2) is 0 Å². The van der Waals surface area contributed by atoms with Crippen LogP contribution in [0.1, 0.15) is 26.2 Å². The Morgan fingerprint density at radius 1 is 1.29 bits per heavy atom. The van der Waals surface area contributed by atoms with Gasteiger partial charge in [0.15, 0.2) is 0 Å². The van der Waals surface area contributed by atoms with Gasteiger partial charge in [0.25, 0.3) is 0 Å². The van der Waals surface area contributed by atoms with Crippen LogP contribution < -0.4 is 5.73 Å². The molecule has 82 valence electrons. The molecule has 0 aromatic heterocycles. The van der Waals surface area contributed by atoms with E-state index in [-0.39, 0.29) is 0 Å². The molecule has 3 heteroatoms. The van der Waals surface area contributed by atoms with Crippen LogP contribution in [0.25, 0.3) is 0 Å². The molecule has 2 heterocycles. The maximum absolute atomic E-state index is 5.74. The van der Waals surface area contributed by atoms with Crippen molar-refractivity contribution in [2.24, 2.45) is 5.73 Å². The fraction of sp³-hybridized carbons (Fsp3) is 1.00. The Labute approximate surface area is 87.2 Å². The first kappa shape index (κ1) is 10.4. The summed E-state index contributed by atoms with van der Waals surface area (Å²) < 4.78 is 0. The van der Waals surface area contributed by atoms with Gasteiger partial charge in [-0.3, -0.25) is 9.80 Å². The molecule has 2 aliphatic rings. The molecule has 2 rings (SSSR count). The third-order valence-corrected chi connectivity index (χ3v) is 3.80. The molecule has 0 aliphatic carbocycles. The van der Waals surface area contributed by atoms with Crippen molar-refractivity contribution in [2.75, 3.05) is 32.7 Å². The van der Waals surface area contributed by atoms with Gasteiger partial charge in [0.2, 0.25) is 0 Å². The van der Waals surface area contributed by atoms with Gasteiger partial charge in [-0.1, -0.05) is 0 Å². The number of nitrogens with zero attached hydrogens (tertiary/aromatic N) is 2. The molecule has 0 amide bonds. The van der Waals surface area contributed by atoms with Crippen molar-refractivity contribution in [3.8, 4) is 0 Å². The number of fused-ring (bicyclic) bond motifs is 1. The highest BCUT2D eigenvalue weighted by Gasteiger charge is 2.29. The summed E-state index contributed by atoms with van der Waals surface area (Å²) in [5.74, 6) is 0. The second-order valence-corrected chi connectivity index (χ2v) is 4.77. The van der Waals surface area contributed by atoms with Crippen LogP contribution in [-0.4, -0.2) is 54.6 Å². The zero-order chi connectivity index (χ0) is 9.97. The maximum Gasteiger partial charge on any atom is 0.0223 e. The van der Waals surface area contributed by atoms with Crippen LogP contribution in [0.3, 0.4) is 0 Å². The van der Waals surface area contributed by atoms with Gasteiger partial charge in [0.1, 0.15) is 0 Å². The molecule has 0 saturated carbocycles. The molecule has 2 aliphatic heterocycles. The van der Waals surface area contributed by atoms with E-state index in [1.54, 1.807) is 0 Å². The van der Waals surface area contributed by atoms with Gasteiger partial charge in [0.05, 0.1) is 0 Å². The number of nitrogens with two attached hydrogens (primary N) is 1. The van der Waals surface area contributed by atoms with E-state index in [1.807, 2.05) is 0 Å². The van der Waals surface area contributed by atoms with Gasteiger partial charge >= 0.3 is 0 Å². The van der Waals surface area contributed by atoms with E-state index >= 15 is 0 Å². The molecule has 2 fully saturated rings. The van der Waals surface area contributed by atoms with E-state index < -0.39 is 0 Å². The molecule has 2 unspecified atom stereocenters. The molecule has 2 N–H and O–H groups in total. The zero-order valence-corrected chi connectivity index (χ0v) is 9.28. The smallest absolute Gasteiger partial charge is 0.0223 e. The van der Waals surface area contributed by atoms with Crippen LogP contribution in [0.4, 0.5) is 0 Å². The largest absolute Gasteiger partial charge is 0.329 e. The molecular formula is C11H23N3. The zero-order valence-electron chi connectivity index (χ0n) is 9.28. The number of hydrogen-bond acceptors (Lipinski definition) is 3. The van der Waals surface area contributed by atoms with E-state index in [4.69, 9.17) is 5.73 Å². The number of rotatable bonds is 2. The van der Waals surface area contributed by atoms with Crippen LogP contribution in [0.15, 0.2) is 0 Å². The lowest BCUT2D eigenvalue weighted by Crippen LogP contribution is -2.43. The second-order valence-electron chi connectivity index (χ2n) is 4.77. The van der Waals surface area contributed by atoms with Crippen LogP contribution in [0.5, 0.6) is 0 Å². The van der Waals surface area contributed by atoms with Crippen molar-refractivity contribution >= 4 is 0 Å². The molecule has 2 atom stereocenters. The summed E-state index contributed by atoms with van der Waals surface area (Å²) in [6.45, 7) is 8.18. The highest BCUT2D eigenvalue weighted by atomic mass is 15.3. The van der Waals surface area contributed by atoms with Gasteiger partial charge < -0.3 is 5.73 Å². The molecule has 0 spiro atoms. The normalized spacial score (nSPS) is 32.6. The predicted molar refractivity (Wildman–Crippen MR) is 59.3 cm³/mol. The molecule has 14 heavy (non-hydrogen) atoms. The van der Waals surface area contributed by atoms with Gasteiger partial charge in [-0.05, 0) is 45.8 Å². The fourth-order valence-electron chi connectivity index (χ4n) is 2.78. The van der Waals surface area contributed by atoms with Gasteiger partial charge in [0, 0.05) is 25.2 Å². The Morgan fingerprint density at radius 2 is 2.07 bits per heavy atom. The Hall–Kier alpha value is -0.120. The summed E-state index contributed by atoms with van der Waals surface area (Å²) in [6.07, 6.45) is 4.12. The van der Waals surface area contributed by atoms with Crippen molar-refractivity contribution < 1.29 is 0 Å². The van der Waals surface area contributed by atoms with Gasteiger partial charge in [-0.2, -0.15) is 0 Å². The maximum atomic E-state index is 5.74. The van der Waals surface area contributed by atoms with E-state index in [1.165, 1.54) is 45.4 Å². The molecular weight excluding hydrogens is 174 g/mol. The SMILES string of the molecule is CC(CN)N1CCCN2CCCC2C1. The summed E-state index contributed by atoms with van der Waals surface area (Å²) in [5.41, 5.74) is 5.74. The first-order valence-electron chi connectivity index (χ1n) is 5.99. The highest BCUT2D eigenvalue weighted by molar-refractivity contribution is 4.86. The third kappa shape index (κ3) is 2.10. The summed E-state index contributed by atoms with van der Waals surface area (Å²) in [4.78, 5) is 5.25. The fourth-order valence-corrected chi connectivity index (χ4v) is 2.78. The van der Waals surface area contributed by atoms with Crippen LogP contribution in [0.2, 0.25) is 0 Å². The van der Waals surface area contributed by atoms with Crippen molar-refractivity contribution in [2.45, 2.75) is 38.3 Å². The van der Waals surface area contributed by atoms with E-state index in [0.29, 0.717) is 6.04 Å². The molecule has 0 radical (unpaired) electrons. The summed E-state index contributed by atoms with van der Waals surface area (Å²) in [7, 11) is 0. The Balaban J connectivity index is 1.94. The average Bonchev–Trinajstić information content (AvgIpc) is 2.54. The van der Waals surface area contributed by atoms with Crippen LogP contribution in [-0.2, 0) is 0 Å². The number of hydrogen-bond donors (Lipinski definition) is 1. The Bertz CT molecular complexity index is 183. The van der Waals surface area contributed by atoms with E-state index in [2.05, 4.69) is 16.7 Å². The minimum Gasteiger partial charge on any atom is -0.329 e. The summed E-state index contributed by atoms with van der Waals surface area (Å²) >= 11 is 0. The van der Waals surface area contributed by atoms with E-state index in [9.17, 15) is 0 Å². The monoisotopic (exact) mass is 197 g/mol. The van der Waals surface area contributed by atoms with E-state index in [0.717, 1.165) is 12.6 Å². The lowest BCUT2D eigenvalue weighted by molar-refractivity contribution is 0.185. The third-order valence-electron chi connectivity index (χ3n) is 3.80. The Morgan fingerprint density at radius 3 is 2.86 bits per heavy atom. The first-order chi connectivity index (χ1) is 6.81. The molecule has 2 saturated heterocycles. The van der Waals surface area contributed by atoms with Crippen molar-refractivity contribution in [1.29, 1.82) is 0 Å². The first-order valence-corrected chi connectivity index (χ1v) is 5.99. The minimum atomic E-state index is 0.565. The second kappa shape index (κ2) is 4.60. The standard InChI is InChI=1S/C11H23N3/c1-10(8-12)14-7-3-6-13-5-2-4-11(13)9-14/h10-11H,2-9,12H2,1H3. The highest BCUT2D eigenvalue weighted by Crippen LogP contribution is 2.21. The van der Waals surface area contributed by atoms with Crippen molar-refractivity contribution in [1.82, 2.24) is 9.80 Å². The lowest BCUT2D eigenvalue weighted by atomic mass is 10.2. The Kier molecular flexibility index (Phi) is 3.42. The van der Waals surface area contributed by atoms with Gasteiger partial charge in [-0.15, -0.1) is 0 Å². The summed E-state index contributed by atoms with van der Waals surface area (Å²) in [5, 5.41) is 0. The lowest BCUT2D eigenvalue weighted by Gasteiger charge is -2.29.